The number of nitrogens with one attached hydrogen (secondary N) is 1. The van der Waals surface area contributed by atoms with E-state index in [0.717, 1.165) is 12.8 Å². The second-order valence-corrected chi connectivity index (χ2v) is 4.72. The van der Waals surface area contributed by atoms with Crippen LogP contribution in [-0.2, 0) is 19.1 Å². The molecule has 1 atom stereocenters. The van der Waals surface area contributed by atoms with Crippen LogP contribution in [0.5, 0.6) is 0 Å². The number of hydrogen-bond acceptors (Lipinski definition) is 4. The molecule has 0 aromatic heterocycles. The van der Waals surface area contributed by atoms with Gasteiger partial charge in [0.05, 0.1) is 7.11 Å². The zero-order valence-corrected chi connectivity index (χ0v) is 12.4. The number of benzene rings is 1. The summed E-state index contributed by atoms with van der Waals surface area (Å²) >= 11 is 0. The minimum absolute atomic E-state index is 0.197. The van der Waals surface area contributed by atoms with E-state index in [-0.39, 0.29) is 6.42 Å². The van der Waals surface area contributed by atoms with Gasteiger partial charge >= 0.3 is 5.97 Å². The maximum Gasteiger partial charge on any atom is 0.333 e. The van der Waals surface area contributed by atoms with Gasteiger partial charge in [0.2, 0.25) is 5.78 Å². The number of esters is 1. The van der Waals surface area contributed by atoms with Crippen molar-refractivity contribution in [3.8, 4) is 0 Å². The minimum Gasteiger partial charge on any atom is -0.467 e. The molecule has 0 heterocycles. The summed E-state index contributed by atoms with van der Waals surface area (Å²) in [6, 6.07) is 7.74. The van der Waals surface area contributed by atoms with Gasteiger partial charge in [0.25, 0.3) is 5.91 Å². The van der Waals surface area contributed by atoms with Crippen molar-refractivity contribution in [1.82, 2.24) is 5.32 Å². The Labute approximate surface area is 124 Å². The maximum absolute atomic E-state index is 11.9. The Hall–Kier alpha value is -2.17. The number of ketones is 1. The highest BCUT2D eigenvalue weighted by Gasteiger charge is 2.25. The monoisotopic (exact) mass is 291 g/mol. The van der Waals surface area contributed by atoms with Gasteiger partial charge in [0.15, 0.2) is 6.04 Å². The SMILES string of the molecule is CCCCCC(=O)C(=O)N[C@H](C(=O)OC)c1ccccc1. The van der Waals surface area contributed by atoms with Crippen molar-refractivity contribution in [1.29, 1.82) is 0 Å². The first-order valence-corrected chi connectivity index (χ1v) is 7.06. The Morgan fingerprint density at radius 1 is 1.14 bits per heavy atom. The molecule has 5 nitrogen and oxygen atoms in total. The number of Topliss-reactive ketones (excluding diaryl/α,β-unsaturated/α-hetero) is 1. The molecule has 0 aliphatic rings. The highest BCUT2D eigenvalue weighted by Crippen LogP contribution is 2.14. The van der Waals surface area contributed by atoms with Crippen LogP contribution in [0.3, 0.4) is 0 Å². The molecule has 0 saturated heterocycles. The van der Waals surface area contributed by atoms with Gasteiger partial charge in [-0.2, -0.15) is 0 Å². The minimum atomic E-state index is -0.959. The first-order chi connectivity index (χ1) is 10.1. The van der Waals surface area contributed by atoms with Crippen LogP contribution in [0.1, 0.15) is 44.2 Å². The molecule has 0 aliphatic carbocycles. The third kappa shape index (κ3) is 5.38. The number of carbonyl (C=O) groups excluding carboxylic acids is 3. The molecular weight excluding hydrogens is 270 g/mol. The molecule has 1 N–H and O–H groups in total. The molecule has 0 fully saturated rings. The highest BCUT2D eigenvalue weighted by molar-refractivity contribution is 6.36. The standard InChI is InChI=1S/C16H21NO4/c1-3-4-6-11-13(18)15(19)17-14(16(20)21-2)12-9-7-5-8-10-12/h5,7-10,14H,3-4,6,11H2,1-2H3,(H,17,19)/t14-/m0/s1. The number of unbranched alkanes of at least 4 members (excludes halogenated alkanes) is 2. The van der Waals surface area contributed by atoms with Crippen LogP contribution in [0.15, 0.2) is 30.3 Å². The predicted octanol–water partition coefficient (Wildman–Crippen LogP) is 2.17. The van der Waals surface area contributed by atoms with E-state index in [2.05, 4.69) is 10.1 Å². The van der Waals surface area contributed by atoms with Gasteiger partial charge in [-0.3, -0.25) is 9.59 Å². The molecule has 0 saturated carbocycles. The fourth-order valence-corrected chi connectivity index (χ4v) is 1.90. The Morgan fingerprint density at radius 3 is 2.38 bits per heavy atom. The topological polar surface area (TPSA) is 72.5 Å². The molecule has 1 aromatic rings. The smallest absolute Gasteiger partial charge is 0.333 e. The van der Waals surface area contributed by atoms with E-state index in [1.165, 1.54) is 7.11 Å². The molecule has 0 bridgehead atoms. The molecule has 5 heteroatoms. The van der Waals surface area contributed by atoms with Gasteiger partial charge in [0, 0.05) is 6.42 Å². The quantitative estimate of drug-likeness (QED) is 0.452. The number of hydrogen-bond donors (Lipinski definition) is 1. The summed E-state index contributed by atoms with van der Waals surface area (Å²) in [6.07, 6.45) is 2.75. The van der Waals surface area contributed by atoms with E-state index in [0.29, 0.717) is 12.0 Å². The van der Waals surface area contributed by atoms with Crippen molar-refractivity contribution in [2.24, 2.45) is 0 Å². The number of carbonyl (C=O) groups is 3. The van der Waals surface area contributed by atoms with E-state index in [1.54, 1.807) is 30.3 Å². The van der Waals surface area contributed by atoms with E-state index < -0.39 is 23.7 Å². The lowest BCUT2D eigenvalue weighted by molar-refractivity contribution is -0.146. The average Bonchev–Trinajstić information content (AvgIpc) is 2.52. The van der Waals surface area contributed by atoms with E-state index >= 15 is 0 Å². The number of methoxy groups -OCH3 is 1. The summed E-state index contributed by atoms with van der Waals surface area (Å²) in [5, 5.41) is 2.45. The van der Waals surface area contributed by atoms with Crippen molar-refractivity contribution >= 4 is 17.7 Å². The van der Waals surface area contributed by atoms with Crippen LogP contribution in [-0.4, -0.2) is 24.8 Å². The lowest BCUT2D eigenvalue weighted by Gasteiger charge is -2.16. The van der Waals surface area contributed by atoms with Crippen LogP contribution in [0.2, 0.25) is 0 Å². The second-order valence-electron chi connectivity index (χ2n) is 4.72. The van der Waals surface area contributed by atoms with Gasteiger partial charge in [-0.1, -0.05) is 50.1 Å². The number of amides is 1. The fourth-order valence-electron chi connectivity index (χ4n) is 1.90. The van der Waals surface area contributed by atoms with Crippen LogP contribution in [0.25, 0.3) is 0 Å². The zero-order chi connectivity index (χ0) is 15.7. The molecule has 1 aromatic carbocycles. The van der Waals surface area contributed by atoms with E-state index in [4.69, 9.17) is 0 Å². The molecule has 0 unspecified atom stereocenters. The van der Waals surface area contributed by atoms with Gasteiger partial charge in [-0.05, 0) is 12.0 Å². The summed E-state index contributed by atoms with van der Waals surface area (Å²) in [6.45, 7) is 2.02. The van der Waals surface area contributed by atoms with Crippen molar-refractivity contribution < 1.29 is 19.1 Å². The molecule has 1 rings (SSSR count). The molecule has 21 heavy (non-hydrogen) atoms. The summed E-state index contributed by atoms with van der Waals surface area (Å²) in [5.41, 5.74) is 0.582. The zero-order valence-electron chi connectivity index (χ0n) is 12.4. The van der Waals surface area contributed by atoms with Gasteiger partial charge in [-0.25, -0.2) is 4.79 Å². The van der Waals surface area contributed by atoms with E-state index in [1.807, 2.05) is 6.92 Å². The van der Waals surface area contributed by atoms with Crippen LogP contribution < -0.4 is 5.32 Å². The van der Waals surface area contributed by atoms with Gasteiger partial charge < -0.3 is 10.1 Å². The third-order valence-corrected chi connectivity index (χ3v) is 3.11. The average molecular weight is 291 g/mol. The van der Waals surface area contributed by atoms with Crippen LogP contribution >= 0.6 is 0 Å². The van der Waals surface area contributed by atoms with E-state index in [9.17, 15) is 14.4 Å². The van der Waals surface area contributed by atoms with Gasteiger partial charge in [-0.15, -0.1) is 0 Å². The first kappa shape index (κ1) is 16.9. The fraction of sp³-hybridized carbons (Fsp3) is 0.438. The summed E-state index contributed by atoms with van der Waals surface area (Å²) in [7, 11) is 1.24. The van der Waals surface area contributed by atoms with Crippen molar-refractivity contribution in [3.05, 3.63) is 35.9 Å². The molecule has 1 amide bonds. The normalized spacial score (nSPS) is 11.5. The Kier molecular flexibility index (Phi) is 7.15. The predicted molar refractivity (Wildman–Crippen MR) is 78.5 cm³/mol. The third-order valence-electron chi connectivity index (χ3n) is 3.11. The highest BCUT2D eigenvalue weighted by atomic mass is 16.5. The molecule has 0 aliphatic heterocycles. The van der Waals surface area contributed by atoms with Gasteiger partial charge in [0.1, 0.15) is 0 Å². The number of rotatable bonds is 8. The van der Waals surface area contributed by atoms with Crippen LogP contribution in [0, 0.1) is 0 Å². The summed E-state index contributed by atoms with van der Waals surface area (Å²) in [5.74, 6) is -1.85. The molecule has 0 radical (unpaired) electrons. The Morgan fingerprint density at radius 2 is 1.81 bits per heavy atom. The second kappa shape index (κ2) is 8.89. The first-order valence-electron chi connectivity index (χ1n) is 7.06. The summed E-state index contributed by atoms with van der Waals surface area (Å²) < 4.78 is 4.68. The summed E-state index contributed by atoms with van der Waals surface area (Å²) in [4.78, 5) is 35.4. The maximum atomic E-state index is 11.9. The van der Waals surface area contributed by atoms with Crippen LogP contribution in [0.4, 0.5) is 0 Å². The molecule has 0 spiro atoms. The van der Waals surface area contributed by atoms with Crippen molar-refractivity contribution in [3.63, 3.8) is 0 Å². The Balaban J connectivity index is 2.71. The Bertz CT molecular complexity index is 484. The lowest BCUT2D eigenvalue weighted by atomic mass is 10.1. The number of ether oxygens (including phenoxy) is 1. The van der Waals surface area contributed by atoms with Crippen molar-refractivity contribution in [2.75, 3.05) is 7.11 Å². The lowest BCUT2D eigenvalue weighted by Crippen LogP contribution is -2.38. The molecule has 114 valence electrons. The molecular formula is C16H21NO4. The largest absolute Gasteiger partial charge is 0.467 e. The van der Waals surface area contributed by atoms with Crippen molar-refractivity contribution in [2.45, 2.75) is 38.6 Å².